The first-order chi connectivity index (χ1) is 8.69. The Kier molecular flexibility index (Phi) is 3.94. The molecule has 1 aromatic heterocycles. The number of ether oxygens (including phenoxy) is 1. The van der Waals surface area contributed by atoms with E-state index in [0.29, 0.717) is 21.7 Å². The molecule has 0 bridgehead atoms. The van der Waals surface area contributed by atoms with E-state index in [2.05, 4.69) is 26.2 Å². The van der Waals surface area contributed by atoms with Gasteiger partial charge >= 0.3 is 0 Å². The number of halogens is 1. The Morgan fingerprint density at radius 1 is 1.28 bits per heavy atom. The molecule has 0 aliphatic carbocycles. The highest BCUT2D eigenvalue weighted by Gasteiger charge is 2.07. The van der Waals surface area contributed by atoms with Crippen LogP contribution in [0.25, 0.3) is 0 Å². The summed E-state index contributed by atoms with van der Waals surface area (Å²) >= 11 is 3.25. The van der Waals surface area contributed by atoms with Gasteiger partial charge in [-0.05, 0) is 46.3 Å². The predicted molar refractivity (Wildman–Crippen MR) is 72.9 cm³/mol. The average Bonchev–Trinajstić information content (AvgIpc) is 2.39. The van der Waals surface area contributed by atoms with Gasteiger partial charge in [0.25, 0.3) is 5.91 Å². The summed E-state index contributed by atoms with van der Waals surface area (Å²) in [4.78, 5) is 16.1. The Balaban J connectivity index is 2.16. The molecule has 18 heavy (non-hydrogen) atoms. The smallest absolute Gasteiger partial charge is 0.256 e. The zero-order valence-corrected chi connectivity index (χ0v) is 11.3. The lowest BCUT2D eigenvalue weighted by molar-refractivity contribution is 0.102. The van der Waals surface area contributed by atoms with Crippen LogP contribution in [0.5, 0.6) is 5.75 Å². The van der Waals surface area contributed by atoms with Crippen molar-refractivity contribution >= 4 is 27.7 Å². The van der Waals surface area contributed by atoms with Gasteiger partial charge in [0.05, 0.1) is 7.11 Å². The summed E-state index contributed by atoms with van der Waals surface area (Å²) in [5.41, 5.74) is 0.524. The monoisotopic (exact) mass is 306 g/mol. The van der Waals surface area contributed by atoms with Gasteiger partial charge in [-0.15, -0.1) is 0 Å². The van der Waals surface area contributed by atoms with E-state index in [4.69, 9.17) is 4.74 Å². The topological polar surface area (TPSA) is 51.2 Å². The number of methoxy groups -OCH3 is 1. The molecule has 2 aromatic rings. The van der Waals surface area contributed by atoms with Crippen LogP contribution in [0.1, 0.15) is 10.4 Å². The number of nitrogens with zero attached hydrogens (tertiary/aromatic N) is 1. The van der Waals surface area contributed by atoms with Crippen LogP contribution in [0.15, 0.2) is 47.1 Å². The van der Waals surface area contributed by atoms with Crippen molar-refractivity contribution in [1.29, 1.82) is 0 Å². The van der Waals surface area contributed by atoms with Crippen molar-refractivity contribution in [2.75, 3.05) is 12.4 Å². The Hall–Kier alpha value is -1.88. The molecule has 0 saturated heterocycles. The van der Waals surface area contributed by atoms with Crippen molar-refractivity contribution in [2.24, 2.45) is 0 Å². The number of hydrogen-bond donors (Lipinski definition) is 1. The minimum Gasteiger partial charge on any atom is -0.497 e. The molecule has 0 atom stereocenters. The van der Waals surface area contributed by atoms with Gasteiger partial charge < -0.3 is 10.1 Å². The molecule has 0 saturated carbocycles. The van der Waals surface area contributed by atoms with Crippen molar-refractivity contribution in [1.82, 2.24) is 4.98 Å². The van der Waals surface area contributed by atoms with E-state index < -0.39 is 0 Å². The summed E-state index contributed by atoms with van der Waals surface area (Å²) in [5, 5.41) is 2.71. The number of rotatable bonds is 3. The Morgan fingerprint density at radius 2 is 2.06 bits per heavy atom. The van der Waals surface area contributed by atoms with Crippen LogP contribution in [0.3, 0.4) is 0 Å². The zero-order chi connectivity index (χ0) is 13.0. The molecule has 4 nitrogen and oxygen atoms in total. The van der Waals surface area contributed by atoms with Crippen LogP contribution in [0.2, 0.25) is 0 Å². The van der Waals surface area contributed by atoms with Gasteiger partial charge in [-0.25, -0.2) is 4.98 Å². The fourth-order valence-electron chi connectivity index (χ4n) is 1.43. The SMILES string of the molecule is COc1cccc(C(=O)Nc2cccc(Br)n2)c1. The molecule has 1 aromatic carbocycles. The molecule has 5 heteroatoms. The Labute approximate surface area is 113 Å². The van der Waals surface area contributed by atoms with E-state index in [1.165, 1.54) is 0 Å². The van der Waals surface area contributed by atoms with Gasteiger partial charge in [-0.2, -0.15) is 0 Å². The molecule has 0 unspecified atom stereocenters. The number of aromatic nitrogens is 1. The van der Waals surface area contributed by atoms with E-state index in [0.717, 1.165) is 0 Å². The number of hydrogen-bond acceptors (Lipinski definition) is 3. The second kappa shape index (κ2) is 5.64. The fourth-order valence-corrected chi connectivity index (χ4v) is 1.77. The van der Waals surface area contributed by atoms with Crippen LogP contribution < -0.4 is 10.1 Å². The molecule has 1 amide bonds. The quantitative estimate of drug-likeness (QED) is 0.887. The zero-order valence-electron chi connectivity index (χ0n) is 9.68. The van der Waals surface area contributed by atoms with Crippen molar-refractivity contribution in [3.63, 3.8) is 0 Å². The third-order valence-corrected chi connectivity index (χ3v) is 2.73. The van der Waals surface area contributed by atoms with Crippen molar-refractivity contribution in [3.05, 3.63) is 52.6 Å². The van der Waals surface area contributed by atoms with Crippen LogP contribution in [-0.2, 0) is 0 Å². The minimum atomic E-state index is -0.223. The normalized spacial score (nSPS) is 9.89. The molecule has 0 aliphatic heterocycles. The van der Waals surface area contributed by atoms with E-state index in [1.54, 1.807) is 49.6 Å². The van der Waals surface area contributed by atoms with Crippen LogP contribution in [-0.4, -0.2) is 18.0 Å². The lowest BCUT2D eigenvalue weighted by Gasteiger charge is -2.06. The summed E-state index contributed by atoms with van der Waals surface area (Å²) in [6, 6.07) is 12.3. The minimum absolute atomic E-state index is 0.223. The van der Waals surface area contributed by atoms with Crippen molar-refractivity contribution in [2.45, 2.75) is 0 Å². The number of anilines is 1. The molecule has 2 rings (SSSR count). The van der Waals surface area contributed by atoms with E-state index in [-0.39, 0.29) is 5.91 Å². The lowest BCUT2D eigenvalue weighted by atomic mass is 10.2. The third-order valence-electron chi connectivity index (χ3n) is 2.29. The highest BCUT2D eigenvalue weighted by atomic mass is 79.9. The van der Waals surface area contributed by atoms with Crippen LogP contribution in [0, 0.1) is 0 Å². The summed E-state index contributed by atoms with van der Waals surface area (Å²) in [6.07, 6.45) is 0. The Morgan fingerprint density at radius 3 is 2.78 bits per heavy atom. The molecule has 0 radical (unpaired) electrons. The molecular formula is C13H11BrN2O2. The van der Waals surface area contributed by atoms with Crippen molar-refractivity contribution < 1.29 is 9.53 Å². The lowest BCUT2D eigenvalue weighted by Crippen LogP contribution is -2.12. The van der Waals surface area contributed by atoms with Crippen molar-refractivity contribution in [3.8, 4) is 5.75 Å². The highest BCUT2D eigenvalue weighted by molar-refractivity contribution is 9.10. The van der Waals surface area contributed by atoms with Gasteiger partial charge in [0.1, 0.15) is 16.2 Å². The number of amides is 1. The molecular weight excluding hydrogens is 296 g/mol. The van der Waals surface area contributed by atoms with E-state index in [9.17, 15) is 4.79 Å². The van der Waals surface area contributed by atoms with Gasteiger partial charge in [0, 0.05) is 5.56 Å². The van der Waals surface area contributed by atoms with Gasteiger partial charge in [-0.3, -0.25) is 4.79 Å². The molecule has 1 heterocycles. The predicted octanol–water partition coefficient (Wildman–Crippen LogP) is 3.11. The van der Waals surface area contributed by atoms with Gasteiger partial charge in [0.15, 0.2) is 0 Å². The highest BCUT2D eigenvalue weighted by Crippen LogP contribution is 2.15. The summed E-state index contributed by atoms with van der Waals surface area (Å²) < 4.78 is 5.74. The average molecular weight is 307 g/mol. The maximum absolute atomic E-state index is 12.0. The number of carbonyl (C=O) groups excluding carboxylic acids is 1. The first kappa shape index (κ1) is 12.6. The first-order valence-electron chi connectivity index (χ1n) is 5.27. The molecule has 0 spiro atoms. The summed E-state index contributed by atoms with van der Waals surface area (Å²) in [5.74, 6) is 0.918. The number of benzene rings is 1. The second-order valence-corrected chi connectivity index (χ2v) is 4.34. The molecule has 1 N–H and O–H groups in total. The Bertz CT molecular complexity index is 572. The van der Waals surface area contributed by atoms with Crippen LogP contribution >= 0.6 is 15.9 Å². The molecule has 92 valence electrons. The first-order valence-corrected chi connectivity index (χ1v) is 6.06. The molecule has 0 aliphatic rings. The van der Waals surface area contributed by atoms with Crippen LogP contribution in [0.4, 0.5) is 5.82 Å². The van der Waals surface area contributed by atoms with Gasteiger partial charge in [0.2, 0.25) is 0 Å². The summed E-state index contributed by atoms with van der Waals surface area (Å²) in [6.45, 7) is 0. The summed E-state index contributed by atoms with van der Waals surface area (Å²) in [7, 11) is 1.56. The second-order valence-electron chi connectivity index (χ2n) is 3.53. The number of pyridine rings is 1. The third kappa shape index (κ3) is 3.07. The van der Waals surface area contributed by atoms with E-state index >= 15 is 0 Å². The maximum Gasteiger partial charge on any atom is 0.256 e. The van der Waals surface area contributed by atoms with Gasteiger partial charge in [-0.1, -0.05) is 12.1 Å². The number of nitrogens with one attached hydrogen (secondary N) is 1. The molecule has 0 fully saturated rings. The fraction of sp³-hybridized carbons (Fsp3) is 0.0769. The number of carbonyl (C=O) groups is 1. The van der Waals surface area contributed by atoms with E-state index in [1.807, 2.05) is 0 Å². The largest absolute Gasteiger partial charge is 0.497 e. The maximum atomic E-state index is 12.0. The standard InChI is InChI=1S/C13H11BrN2O2/c1-18-10-5-2-4-9(8-10)13(17)16-12-7-3-6-11(14)15-12/h2-8H,1H3,(H,15,16,17).